The zero-order valence-corrected chi connectivity index (χ0v) is 25.6. The number of piperazine rings is 1. The van der Waals surface area contributed by atoms with Gasteiger partial charge in [0.05, 0.1) is 30.9 Å². The number of carbonyl (C=O) groups excluding carboxylic acids is 1. The van der Waals surface area contributed by atoms with Crippen LogP contribution in [0.2, 0.25) is 0 Å². The highest BCUT2D eigenvalue weighted by atomic mass is 16.7. The number of likely N-dealkylation sites (tertiary alicyclic amines) is 1. The highest BCUT2D eigenvalue weighted by Crippen LogP contribution is 2.35. The van der Waals surface area contributed by atoms with Gasteiger partial charge in [0.2, 0.25) is 0 Å². The Morgan fingerprint density at radius 3 is 2.45 bits per heavy atom. The lowest BCUT2D eigenvalue weighted by Crippen LogP contribution is -2.48. The molecule has 0 spiro atoms. The van der Waals surface area contributed by atoms with Crippen LogP contribution < -0.4 is 14.5 Å². The third-order valence-corrected chi connectivity index (χ3v) is 9.29. The quantitative estimate of drug-likeness (QED) is 0.299. The SMILES string of the molecule is Cc1cccc2cccc(N3CCc4c(nc(OC[C@@H]5CCCN5C)nc4N4CCN(OC(=O)c5ccccc5)CC4)C3)c12. The van der Waals surface area contributed by atoms with E-state index in [1.54, 1.807) is 17.2 Å². The fourth-order valence-corrected chi connectivity index (χ4v) is 6.79. The molecule has 3 aliphatic rings. The van der Waals surface area contributed by atoms with E-state index in [2.05, 4.69) is 65.1 Å². The number of aryl methyl sites for hydroxylation is 1. The van der Waals surface area contributed by atoms with Gasteiger partial charge in [0, 0.05) is 42.3 Å². The van der Waals surface area contributed by atoms with Crippen molar-refractivity contribution in [2.75, 3.05) is 62.7 Å². The molecule has 2 fully saturated rings. The molecule has 9 nitrogen and oxygen atoms in total. The molecule has 3 aromatic carbocycles. The van der Waals surface area contributed by atoms with Gasteiger partial charge in [-0.25, -0.2) is 4.79 Å². The van der Waals surface area contributed by atoms with Crippen LogP contribution in [-0.2, 0) is 17.8 Å². The molecule has 44 heavy (non-hydrogen) atoms. The predicted molar refractivity (Wildman–Crippen MR) is 172 cm³/mol. The average Bonchev–Trinajstić information content (AvgIpc) is 3.48. The van der Waals surface area contributed by atoms with Gasteiger partial charge in [-0.1, -0.05) is 48.5 Å². The van der Waals surface area contributed by atoms with Crippen LogP contribution >= 0.6 is 0 Å². The summed E-state index contributed by atoms with van der Waals surface area (Å²) in [5.41, 5.74) is 5.30. The van der Waals surface area contributed by atoms with Gasteiger partial charge in [-0.05, 0) is 68.9 Å². The zero-order chi connectivity index (χ0) is 30.0. The number of hydrogen-bond acceptors (Lipinski definition) is 9. The summed E-state index contributed by atoms with van der Waals surface area (Å²) in [5, 5.41) is 4.32. The predicted octanol–water partition coefficient (Wildman–Crippen LogP) is 4.87. The van der Waals surface area contributed by atoms with Crippen molar-refractivity contribution in [3.05, 3.63) is 89.1 Å². The number of aromatic nitrogens is 2. The second kappa shape index (κ2) is 12.4. The lowest BCUT2D eigenvalue weighted by molar-refractivity contribution is -0.112. The minimum Gasteiger partial charge on any atom is -0.462 e. The maximum Gasteiger partial charge on any atom is 0.357 e. The van der Waals surface area contributed by atoms with Crippen LogP contribution in [0.25, 0.3) is 10.8 Å². The second-order valence-corrected chi connectivity index (χ2v) is 12.1. The number of anilines is 2. The maximum absolute atomic E-state index is 12.6. The standard InChI is InChI=1S/C35H40N6O3/c1-25-9-6-12-26-13-7-15-31(32(25)26)40-18-16-29-30(23-40)36-35(43-24-28-14-8-17-38(28)2)37-33(29)39-19-21-41(22-20-39)44-34(42)27-10-4-3-5-11-27/h3-7,9-13,15,28H,8,14,16-24H2,1-2H3/t28-/m0/s1. The van der Waals surface area contributed by atoms with Gasteiger partial charge >= 0.3 is 12.0 Å². The Balaban J connectivity index is 1.13. The van der Waals surface area contributed by atoms with Crippen LogP contribution in [0.15, 0.2) is 66.7 Å². The Labute approximate surface area is 259 Å². The number of fused-ring (bicyclic) bond motifs is 2. The first-order valence-corrected chi connectivity index (χ1v) is 15.8. The van der Waals surface area contributed by atoms with Crippen LogP contribution in [0.3, 0.4) is 0 Å². The molecule has 9 heteroatoms. The van der Waals surface area contributed by atoms with E-state index in [0.29, 0.717) is 56.9 Å². The molecule has 3 aliphatic heterocycles. The molecule has 0 radical (unpaired) electrons. The first kappa shape index (κ1) is 28.6. The molecule has 0 saturated carbocycles. The monoisotopic (exact) mass is 592 g/mol. The summed E-state index contributed by atoms with van der Waals surface area (Å²) >= 11 is 0. The molecule has 1 aromatic heterocycles. The third kappa shape index (κ3) is 5.81. The first-order valence-electron chi connectivity index (χ1n) is 15.8. The maximum atomic E-state index is 12.6. The van der Waals surface area contributed by atoms with Crippen molar-refractivity contribution in [1.82, 2.24) is 19.9 Å². The fraction of sp³-hybridized carbons (Fsp3) is 0.400. The number of likely N-dealkylation sites (N-methyl/N-ethyl adjacent to an activating group) is 1. The molecule has 0 unspecified atom stereocenters. The lowest BCUT2D eigenvalue weighted by atomic mass is 9.99. The van der Waals surface area contributed by atoms with E-state index >= 15 is 0 Å². The van der Waals surface area contributed by atoms with Crippen molar-refractivity contribution in [2.24, 2.45) is 0 Å². The minimum atomic E-state index is -0.324. The summed E-state index contributed by atoms with van der Waals surface area (Å²) in [6.07, 6.45) is 3.17. The summed E-state index contributed by atoms with van der Waals surface area (Å²) < 4.78 is 6.32. The van der Waals surface area contributed by atoms with Crippen LogP contribution in [-0.4, -0.2) is 84.9 Å². The number of carbonyl (C=O) groups is 1. The van der Waals surface area contributed by atoms with Crippen LogP contribution in [0.4, 0.5) is 11.5 Å². The molecular formula is C35H40N6O3. The molecule has 0 aliphatic carbocycles. The Morgan fingerprint density at radius 1 is 0.886 bits per heavy atom. The minimum absolute atomic E-state index is 0.324. The van der Waals surface area contributed by atoms with Gasteiger partial charge in [-0.3, -0.25) is 0 Å². The topological polar surface area (TPSA) is 74.3 Å². The Morgan fingerprint density at radius 2 is 1.68 bits per heavy atom. The number of rotatable bonds is 7. The highest BCUT2D eigenvalue weighted by Gasteiger charge is 2.30. The molecule has 0 N–H and O–H groups in total. The van der Waals surface area contributed by atoms with Gasteiger partial charge in [-0.15, -0.1) is 5.06 Å². The number of benzene rings is 3. The van der Waals surface area contributed by atoms with Crippen molar-refractivity contribution in [2.45, 2.75) is 38.8 Å². The molecule has 2 saturated heterocycles. The smallest absolute Gasteiger partial charge is 0.357 e. The number of ether oxygens (including phenoxy) is 1. The van der Waals surface area contributed by atoms with Gasteiger partial charge in [-0.2, -0.15) is 9.97 Å². The molecule has 1 atom stereocenters. The summed E-state index contributed by atoms with van der Waals surface area (Å²) in [7, 11) is 2.16. The van der Waals surface area contributed by atoms with Crippen molar-refractivity contribution in [1.29, 1.82) is 0 Å². The molecular weight excluding hydrogens is 552 g/mol. The highest BCUT2D eigenvalue weighted by molar-refractivity contribution is 5.97. The molecule has 4 heterocycles. The Bertz CT molecular complexity index is 1630. The van der Waals surface area contributed by atoms with E-state index in [9.17, 15) is 4.79 Å². The van der Waals surface area contributed by atoms with Crippen LogP contribution in [0, 0.1) is 6.92 Å². The average molecular weight is 593 g/mol. The fourth-order valence-electron chi connectivity index (χ4n) is 6.79. The van der Waals surface area contributed by atoms with Gasteiger partial charge in [0.1, 0.15) is 12.4 Å². The first-order chi connectivity index (χ1) is 21.5. The Hall–Kier alpha value is -4.21. The van der Waals surface area contributed by atoms with Crippen molar-refractivity contribution in [3.63, 3.8) is 0 Å². The molecule has 7 rings (SSSR count). The van der Waals surface area contributed by atoms with E-state index in [-0.39, 0.29) is 5.97 Å². The van der Waals surface area contributed by atoms with Crippen LogP contribution in [0.1, 0.15) is 40.0 Å². The normalized spacial score (nSPS) is 19.3. The number of nitrogens with zero attached hydrogens (tertiary/aromatic N) is 6. The van der Waals surface area contributed by atoms with Crippen molar-refractivity contribution < 1.29 is 14.4 Å². The lowest BCUT2D eigenvalue weighted by Gasteiger charge is -2.37. The number of hydrogen-bond donors (Lipinski definition) is 0. The summed E-state index contributed by atoms with van der Waals surface area (Å²) in [6, 6.07) is 23.0. The molecule has 4 aromatic rings. The van der Waals surface area contributed by atoms with E-state index in [4.69, 9.17) is 19.5 Å². The van der Waals surface area contributed by atoms with E-state index in [1.165, 1.54) is 34.0 Å². The van der Waals surface area contributed by atoms with Gasteiger partial charge < -0.3 is 24.3 Å². The third-order valence-electron chi connectivity index (χ3n) is 9.29. The summed E-state index contributed by atoms with van der Waals surface area (Å²) in [6.45, 7) is 8.06. The second-order valence-electron chi connectivity index (χ2n) is 12.1. The van der Waals surface area contributed by atoms with Crippen LogP contribution in [0.5, 0.6) is 6.01 Å². The summed E-state index contributed by atoms with van der Waals surface area (Å²) in [4.78, 5) is 35.5. The molecule has 0 bridgehead atoms. The van der Waals surface area contributed by atoms with E-state index in [1.807, 2.05) is 18.2 Å². The summed E-state index contributed by atoms with van der Waals surface area (Å²) in [5.74, 6) is 0.627. The van der Waals surface area contributed by atoms with Gasteiger partial charge in [0.25, 0.3) is 0 Å². The molecule has 0 amide bonds. The largest absolute Gasteiger partial charge is 0.462 e. The Kier molecular flexibility index (Phi) is 8.06. The van der Waals surface area contributed by atoms with E-state index in [0.717, 1.165) is 37.4 Å². The van der Waals surface area contributed by atoms with Crippen molar-refractivity contribution >= 4 is 28.2 Å². The van der Waals surface area contributed by atoms with Crippen molar-refractivity contribution in [3.8, 4) is 6.01 Å². The van der Waals surface area contributed by atoms with Gasteiger partial charge in [0.15, 0.2) is 0 Å². The zero-order valence-electron chi connectivity index (χ0n) is 25.6. The number of hydroxylamine groups is 2. The molecule has 228 valence electrons. The van der Waals surface area contributed by atoms with E-state index < -0.39 is 0 Å².